The first-order chi connectivity index (χ1) is 19.6. The summed E-state index contributed by atoms with van der Waals surface area (Å²) in [5.74, 6) is 0. The molecule has 2 atom stereocenters. The Hall–Kier alpha value is -2.94. The molecule has 2 unspecified atom stereocenters. The molecule has 42 heavy (non-hydrogen) atoms. The molecule has 228 valence electrons. The summed E-state index contributed by atoms with van der Waals surface area (Å²) in [6.07, 6.45) is 32.8. The molecule has 2 aliphatic carbocycles. The first-order valence-electron chi connectivity index (χ1n) is 15.5. The van der Waals surface area contributed by atoms with Gasteiger partial charge >= 0.3 is 0 Å². The van der Waals surface area contributed by atoms with Gasteiger partial charge in [-0.05, 0) is 100 Å². The largest absolute Gasteiger partial charge is 0.389 e. The number of allylic oxidation sites excluding steroid dienone is 20. The summed E-state index contributed by atoms with van der Waals surface area (Å²) in [6.45, 7) is 21.6. The maximum absolute atomic E-state index is 10.3. The fourth-order valence-corrected chi connectivity index (χ4v) is 5.61. The Bertz CT molecular complexity index is 1190. The molecule has 0 aromatic rings. The van der Waals surface area contributed by atoms with E-state index in [1.165, 1.54) is 33.4 Å². The molecule has 2 nitrogen and oxygen atoms in total. The average molecular weight is 569 g/mol. The summed E-state index contributed by atoms with van der Waals surface area (Å²) in [7, 11) is 0. The molecule has 2 aliphatic rings. The molecule has 0 saturated heterocycles. The molecular weight excluding hydrogens is 512 g/mol. The third kappa shape index (κ3) is 11.0. The minimum atomic E-state index is -0.315. The summed E-state index contributed by atoms with van der Waals surface area (Å²) < 4.78 is 0. The maximum Gasteiger partial charge on any atom is 0.0753 e. The van der Waals surface area contributed by atoms with Gasteiger partial charge in [0, 0.05) is 0 Å². The topological polar surface area (TPSA) is 40.5 Å². The molecule has 0 aromatic heterocycles. The maximum atomic E-state index is 10.3. The number of hydrogen-bond donors (Lipinski definition) is 2. The van der Waals surface area contributed by atoms with Crippen molar-refractivity contribution in [1.82, 2.24) is 0 Å². The molecule has 2 heteroatoms. The van der Waals surface area contributed by atoms with E-state index in [0.29, 0.717) is 0 Å². The van der Waals surface area contributed by atoms with E-state index in [2.05, 4.69) is 154 Å². The van der Waals surface area contributed by atoms with Crippen LogP contribution < -0.4 is 0 Å². The number of aliphatic hydroxyl groups is 2. The Kier molecular flexibility index (Phi) is 13.5. The molecule has 0 aliphatic heterocycles. The molecular formula is C40H56O2. The lowest BCUT2D eigenvalue weighted by Gasteiger charge is -2.35. The van der Waals surface area contributed by atoms with Crippen LogP contribution in [0.2, 0.25) is 0 Å². The van der Waals surface area contributed by atoms with Crippen LogP contribution in [-0.2, 0) is 0 Å². The Balaban J connectivity index is 1.92. The molecule has 0 fully saturated rings. The minimum absolute atomic E-state index is 0.104. The quantitative estimate of drug-likeness (QED) is 0.257. The molecule has 0 spiro atoms. The average Bonchev–Trinajstić information content (AvgIpc) is 2.91. The second-order valence-corrected chi connectivity index (χ2v) is 13.5. The van der Waals surface area contributed by atoms with Crippen LogP contribution in [0.4, 0.5) is 0 Å². The van der Waals surface area contributed by atoms with Crippen molar-refractivity contribution in [3.8, 4) is 0 Å². The number of aliphatic hydroxyl groups excluding tert-OH is 2. The minimum Gasteiger partial charge on any atom is -0.389 e. The van der Waals surface area contributed by atoms with Crippen LogP contribution in [0, 0.1) is 10.8 Å². The van der Waals surface area contributed by atoms with E-state index in [-0.39, 0.29) is 23.0 Å². The van der Waals surface area contributed by atoms with Crippen molar-refractivity contribution < 1.29 is 10.2 Å². The van der Waals surface area contributed by atoms with E-state index < -0.39 is 0 Å². The van der Waals surface area contributed by atoms with Crippen LogP contribution >= 0.6 is 0 Å². The van der Waals surface area contributed by atoms with Gasteiger partial charge in [0.05, 0.1) is 12.2 Å². The van der Waals surface area contributed by atoms with E-state index in [1.807, 2.05) is 0 Å². The van der Waals surface area contributed by atoms with Crippen LogP contribution in [0.5, 0.6) is 0 Å². The second kappa shape index (κ2) is 16.1. The first-order valence-corrected chi connectivity index (χ1v) is 15.5. The van der Waals surface area contributed by atoms with Crippen LogP contribution in [0.3, 0.4) is 0 Å². The van der Waals surface area contributed by atoms with Gasteiger partial charge in [0.1, 0.15) is 0 Å². The highest BCUT2D eigenvalue weighted by Gasteiger charge is 2.31. The summed E-state index contributed by atoms with van der Waals surface area (Å²) in [5, 5.41) is 20.5. The van der Waals surface area contributed by atoms with Gasteiger partial charge < -0.3 is 10.2 Å². The van der Waals surface area contributed by atoms with Gasteiger partial charge in [-0.25, -0.2) is 0 Å². The van der Waals surface area contributed by atoms with Crippen molar-refractivity contribution in [2.24, 2.45) is 10.8 Å². The monoisotopic (exact) mass is 568 g/mol. The van der Waals surface area contributed by atoms with Crippen molar-refractivity contribution >= 4 is 0 Å². The number of rotatable bonds is 10. The Morgan fingerprint density at radius 2 is 0.857 bits per heavy atom. The Morgan fingerprint density at radius 3 is 1.21 bits per heavy atom. The van der Waals surface area contributed by atoms with Crippen molar-refractivity contribution in [2.75, 3.05) is 0 Å². The smallest absolute Gasteiger partial charge is 0.0753 e. The predicted octanol–water partition coefficient (Wildman–Crippen LogP) is 10.5. The molecule has 0 amide bonds. The predicted molar refractivity (Wildman–Crippen MR) is 184 cm³/mol. The zero-order valence-corrected chi connectivity index (χ0v) is 28.0. The highest BCUT2D eigenvalue weighted by molar-refractivity contribution is 5.40. The SMILES string of the molecule is CC(C=CC1=C(C)C(O)CCC1(C)C)=CC=CC(C)=C/C=C/C=C(C)/C=C/C=C(C)/C=C/C1=C(C)C(O)CCC1(C)C. The second-order valence-electron chi connectivity index (χ2n) is 13.5. The Labute approximate surface area is 257 Å². The molecule has 0 heterocycles. The molecule has 0 saturated carbocycles. The van der Waals surface area contributed by atoms with Crippen LogP contribution in [0.25, 0.3) is 0 Å². The van der Waals surface area contributed by atoms with E-state index in [4.69, 9.17) is 0 Å². The lowest BCUT2D eigenvalue weighted by atomic mass is 9.71. The van der Waals surface area contributed by atoms with Crippen molar-refractivity contribution in [1.29, 1.82) is 0 Å². The van der Waals surface area contributed by atoms with Gasteiger partial charge in [-0.1, -0.05) is 135 Å². The summed E-state index contributed by atoms with van der Waals surface area (Å²) in [5.41, 5.74) is 9.65. The molecule has 0 bridgehead atoms. The van der Waals surface area contributed by atoms with Gasteiger partial charge in [-0.3, -0.25) is 0 Å². The number of hydrogen-bond acceptors (Lipinski definition) is 2. The zero-order chi connectivity index (χ0) is 31.5. The molecule has 0 radical (unpaired) electrons. The highest BCUT2D eigenvalue weighted by atomic mass is 16.3. The van der Waals surface area contributed by atoms with Gasteiger partial charge in [0.25, 0.3) is 0 Å². The summed E-state index contributed by atoms with van der Waals surface area (Å²) in [4.78, 5) is 0. The third-order valence-corrected chi connectivity index (χ3v) is 8.68. The lowest BCUT2D eigenvalue weighted by molar-refractivity contribution is 0.163. The fourth-order valence-electron chi connectivity index (χ4n) is 5.61. The van der Waals surface area contributed by atoms with E-state index in [0.717, 1.165) is 36.8 Å². The normalized spacial score (nSPS) is 25.0. The molecule has 2 rings (SSSR count). The van der Waals surface area contributed by atoms with Gasteiger partial charge in [0.15, 0.2) is 0 Å². The van der Waals surface area contributed by atoms with Crippen LogP contribution in [0.1, 0.15) is 94.9 Å². The zero-order valence-electron chi connectivity index (χ0n) is 28.0. The van der Waals surface area contributed by atoms with Crippen LogP contribution in [-0.4, -0.2) is 22.4 Å². The molecule has 0 aromatic carbocycles. The van der Waals surface area contributed by atoms with Gasteiger partial charge in [-0.2, -0.15) is 0 Å². The fraction of sp³-hybridized carbons (Fsp3) is 0.450. The van der Waals surface area contributed by atoms with Gasteiger partial charge in [-0.15, -0.1) is 0 Å². The van der Waals surface area contributed by atoms with Crippen molar-refractivity contribution in [2.45, 2.75) is 107 Å². The summed E-state index contributed by atoms with van der Waals surface area (Å²) in [6, 6.07) is 0. The lowest BCUT2D eigenvalue weighted by Crippen LogP contribution is -2.27. The van der Waals surface area contributed by atoms with Crippen LogP contribution in [0.15, 0.2) is 130 Å². The van der Waals surface area contributed by atoms with E-state index >= 15 is 0 Å². The van der Waals surface area contributed by atoms with E-state index in [1.54, 1.807) is 0 Å². The van der Waals surface area contributed by atoms with E-state index in [9.17, 15) is 10.2 Å². The standard InChI is InChI=1S/C40H56O2/c1-29(17-13-19-31(3)21-23-35-33(5)37(41)25-27-39(35,7)8)15-11-12-16-30(2)18-14-20-32(4)22-24-36-34(6)38(42)26-28-40(36,9)10/h11-24,37-38,41-42H,25-28H2,1-10H3/b12-11+,17-13+,18-14?,23-21+,24-22?,29-15+,30-16?,31-19+,32-20?. The van der Waals surface area contributed by atoms with Crippen molar-refractivity contribution in [3.63, 3.8) is 0 Å². The summed E-state index contributed by atoms with van der Waals surface area (Å²) >= 11 is 0. The van der Waals surface area contributed by atoms with Gasteiger partial charge in [0.2, 0.25) is 0 Å². The van der Waals surface area contributed by atoms with Crippen molar-refractivity contribution in [3.05, 3.63) is 130 Å². The first kappa shape index (κ1) is 35.3. The third-order valence-electron chi connectivity index (χ3n) is 8.68. The highest BCUT2D eigenvalue weighted by Crippen LogP contribution is 2.42. The Morgan fingerprint density at radius 1 is 0.548 bits per heavy atom. The molecule has 2 N–H and O–H groups in total.